The second kappa shape index (κ2) is 5.59. The molecule has 0 aliphatic rings. The number of rotatable bonds is 4. The maximum atomic E-state index is 12.9. The number of anilines is 1. The Balaban J connectivity index is 1.87. The minimum Gasteiger partial charge on any atom is -0.370 e. The van der Waals surface area contributed by atoms with Gasteiger partial charge >= 0.3 is 0 Å². The minimum absolute atomic E-state index is 0.215. The summed E-state index contributed by atoms with van der Waals surface area (Å²) in [7, 11) is 0. The topological polar surface area (TPSA) is 37.8 Å². The lowest BCUT2D eigenvalue weighted by Gasteiger charge is -2.05. The second-order valence-corrected chi connectivity index (χ2v) is 3.92. The molecule has 88 valence electrons. The third-order valence-electron chi connectivity index (χ3n) is 2.24. The molecule has 0 radical (unpaired) electrons. The van der Waals surface area contributed by atoms with E-state index < -0.39 is 0 Å². The molecule has 0 bridgehead atoms. The van der Waals surface area contributed by atoms with Gasteiger partial charge in [-0.25, -0.2) is 14.4 Å². The molecule has 2 aromatic rings. The van der Waals surface area contributed by atoms with Crippen LogP contribution in [0.5, 0.6) is 0 Å². The zero-order chi connectivity index (χ0) is 12.1. The molecule has 0 aliphatic heterocycles. The third kappa shape index (κ3) is 3.67. The van der Waals surface area contributed by atoms with Crippen LogP contribution in [-0.2, 0) is 6.42 Å². The Bertz CT molecular complexity index is 459. The summed E-state index contributed by atoms with van der Waals surface area (Å²) in [6.45, 7) is 0.663. The highest BCUT2D eigenvalue weighted by Gasteiger charge is 1.97. The van der Waals surface area contributed by atoms with E-state index in [0.29, 0.717) is 17.5 Å². The van der Waals surface area contributed by atoms with Crippen LogP contribution in [0.1, 0.15) is 5.56 Å². The Kier molecular flexibility index (Phi) is 3.88. The van der Waals surface area contributed by atoms with Gasteiger partial charge in [0, 0.05) is 12.6 Å². The van der Waals surface area contributed by atoms with Crippen molar-refractivity contribution >= 4 is 17.4 Å². The summed E-state index contributed by atoms with van der Waals surface area (Å²) in [4.78, 5) is 7.79. The molecule has 17 heavy (non-hydrogen) atoms. The maximum Gasteiger partial charge on any atom is 0.134 e. The van der Waals surface area contributed by atoms with Gasteiger partial charge in [0.05, 0.1) is 0 Å². The first kappa shape index (κ1) is 11.8. The summed E-state index contributed by atoms with van der Waals surface area (Å²) in [6.07, 6.45) is 2.12. The fourth-order valence-corrected chi connectivity index (χ4v) is 1.60. The average Bonchev–Trinajstić information content (AvgIpc) is 2.29. The van der Waals surface area contributed by atoms with Crippen molar-refractivity contribution in [2.75, 3.05) is 11.9 Å². The summed E-state index contributed by atoms with van der Waals surface area (Å²) in [5.41, 5.74) is 0.942. The molecule has 1 N–H and O–H groups in total. The molecule has 1 heterocycles. The monoisotopic (exact) mass is 251 g/mol. The van der Waals surface area contributed by atoms with Crippen LogP contribution in [0.25, 0.3) is 0 Å². The highest BCUT2D eigenvalue weighted by Crippen LogP contribution is 2.09. The predicted molar refractivity (Wildman–Crippen MR) is 65.6 cm³/mol. The lowest BCUT2D eigenvalue weighted by atomic mass is 10.1. The van der Waals surface area contributed by atoms with E-state index in [1.807, 2.05) is 6.07 Å². The molecule has 0 unspecified atom stereocenters. The first-order valence-electron chi connectivity index (χ1n) is 5.20. The normalized spacial score (nSPS) is 10.2. The number of hydrogen-bond acceptors (Lipinski definition) is 3. The van der Waals surface area contributed by atoms with Gasteiger partial charge < -0.3 is 5.32 Å². The quantitative estimate of drug-likeness (QED) is 0.849. The first-order chi connectivity index (χ1) is 8.24. The van der Waals surface area contributed by atoms with E-state index in [-0.39, 0.29) is 5.82 Å². The van der Waals surface area contributed by atoms with E-state index in [4.69, 9.17) is 11.6 Å². The molecule has 2 rings (SSSR count). The van der Waals surface area contributed by atoms with Gasteiger partial charge in [-0.2, -0.15) is 0 Å². The van der Waals surface area contributed by atoms with E-state index in [1.165, 1.54) is 18.5 Å². The first-order valence-corrected chi connectivity index (χ1v) is 5.58. The van der Waals surface area contributed by atoms with Gasteiger partial charge in [0.25, 0.3) is 0 Å². The molecule has 3 nitrogen and oxygen atoms in total. The summed E-state index contributed by atoms with van der Waals surface area (Å²) in [6, 6.07) is 8.19. The van der Waals surface area contributed by atoms with Crippen molar-refractivity contribution in [3.63, 3.8) is 0 Å². The highest BCUT2D eigenvalue weighted by atomic mass is 35.5. The van der Waals surface area contributed by atoms with E-state index in [2.05, 4.69) is 15.3 Å². The molecule has 0 atom stereocenters. The van der Waals surface area contributed by atoms with Gasteiger partial charge in [0.15, 0.2) is 0 Å². The fraction of sp³-hybridized carbons (Fsp3) is 0.167. The van der Waals surface area contributed by atoms with Crippen LogP contribution in [0.3, 0.4) is 0 Å². The lowest BCUT2D eigenvalue weighted by Crippen LogP contribution is -2.06. The number of nitrogens with zero attached hydrogens (tertiary/aromatic N) is 2. The standard InChI is InChI=1S/C12H11ClFN3/c13-11-7-12(17-8-16-11)15-5-4-9-2-1-3-10(14)6-9/h1-3,6-8H,4-5H2,(H,15,16,17). The van der Waals surface area contributed by atoms with Crippen molar-refractivity contribution in [2.45, 2.75) is 6.42 Å². The molecule has 0 fully saturated rings. The smallest absolute Gasteiger partial charge is 0.134 e. The van der Waals surface area contributed by atoms with Crippen LogP contribution < -0.4 is 5.32 Å². The fourth-order valence-electron chi connectivity index (χ4n) is 1.46. The van der Waals surface area contributed by atoms with Crippen molar-refractivity contribution in [1.82, 2.24) is 9.97 Å². The van der Waals surface area contributed by atoms with Crippen molar-refractivity contribution in [1.29, 1.82) is 0 Å². The van der Waals surface area contributed by atoms with Crippen LogP contribution in [0.4, 0.5) is 10.2 Å². The van der Waals surface area contributed by atoms with Crippen LogP contribution in [0, 0.1) is 5.82 Å². The molecular weight excluding hydrogens is 241 g/mol. The Morgan fingerprint density at radius 3 is 2.88 bits per heavy atom. The molecular formula is C12H11ClFN3. The van der Waals surface area contributed by atoms with E-state index >= 15 is 0 Å². The molecule has 0 saturated carbocycles. The van der Waals surface area contributed by atoms with Gasteiger partial charge in [-0.05, 0) is 24.1 Å². The van der Waals surface area contributed by atoms with Gasteiger partial charge in [0.1, 0.15) is 23.1 Å². The molecule has 1 aromatic carbocycles. The van der Waals surface area contributed by atoms with Gasteiger partial charge in [-0.1, -0.05) is 23.7 Å². The Hall–Kier alpha value is -1.68. The molecule has 0 amide bonds. The summed E-state index contributed by atoms with van der Waals surface area (Å²) < 4.78 is 12.9. The maximum absolute atomic E-state index is 12.9. The molecule has 0 spiro atoms. The largest absolute Gasteiger partial charge is 0.370 e. The molecule has 1 aromatic heterocycles. The van der Waals surface area contributed by atoms with Crippen LogP contribution in [0.2, 0.25) is 5.15 Å². The van der Waals surface area contributed by atoms with Crippen LogP contribution in [0.15, 0.2) is 36.7 Å². The van der Waals surface area contributed by atoms with Gasteiger partial charge in [-0.3, -0.25) is 0 Å². The SMILES string of the molecule is Fc1cccc(CCNc2cc(Cl)ncn2)c1. The number of benzene rings is 1. The molecule has 5 heteroatoms. The number of hydrogen-bond donors (Lipinski definition) is 1. The number of nitrogens with one attached hydrogen (secondary N) is 1. The zero-order valence-corrected chi connectivity index (χ0v) is 9.78. The van der Waals surface area contributed by atoms with E-state index in [0.717, 1.165) is 12.0 Å². The van der Waals surface area contributed by atoms with Crippen molar-refractivity contribution in [3.8, 4) is 0 Å². The third-order valence-corrected chi connectivity index (χ3v) is 2.45. The summed E-state index contributed by atoms with van der Waals surface area (Å²) in [5.74, 6) is 0.453. The molecule has 0 saturated heterocycles. The van der Waals surface area contributed by atoms with E-state index in [1.54, 1.807) is 12.1 Å². The summed E-state index contributed by atoms with van der Waals surface area (Å²) in [5, 5.41) is 3.49. The predicted octanol–water partition coefficient (Wildman–Crippen LogP) is 2.92. The zero-order valence-electron chi connectivity index (χ0n) is 9.03. The molecule has 0 aliphatic carbocycles. The number of aromatic nitrogens is 2. The minimum atomic E-state index is -0.215. The van der Waals surface area contributed by atoms with Crippen LogP contribution in [-0.4, -0.2) is 16.5 Å². The summed E-state index contributed by atoms with van der Waals surface area (Å²) >= 11 is 5.72. The van der Waals surface area contributed by atoms with Crippen molar-refractivity contribution < 1.29 is 4.39 Å². The van der Waals surface area contributed by atoms with Crippen LogP contribution >= 0.6 is 11.6 Å². The second-order valence-electron chi connectivity index (χ2n) is 3.53. The van der Waals surface area contributed by atoms with Crippen molar-refractivity contribution in [2.24, 2.45) is 0 Å². The van der Waals surface area contributed by atoms with Crippen molar-refractivity contribution in [3.05, 3.63) is 53.2 Å². The Morgan fingerprint density at radius 2 is 2.12 bits per heavy atom. The van der Waals surface area contributed by atoms with E-state index in [9.17, 15) is 4.39 Å². The Labute approximate surface area is 104 Å². The Morgan fingerprint density at radius 1 is 1.24 bits per heavy atom. The number of halogens is 2. The highest BCUT2D eigenvalue weighted by molar-refractivity contribution is 6.29. The van der Waals surface area contributed by atoms with Gasteiger partial charge in [0.2, 0.25) is 0 Å². The van der Waals surface area contributed by atoms with Gasteiger partial charge in [-0.15, -0.1) is 0 Å². The lowest BCUT2D eigenvalue weighted by molar-refractivity contribution is 0.625. The average molecular weight is 252 g/mol.